The van der Waals surface area contributed by atoms with Crippen molar-refractivity contribution < 1.29 is 4.74 Å². The number of benzene rings is 1. The number of hydrogen-bond donors (Lipinski definition) is 1. The summed E-state index contributed by atoms with van der Waals surface area (Å²) in [5, 5.41) is 4.92. The Bertz CT molecular complexity index is 471. The lowest BCUT2D eigenvalue weighted by Gasteiger charge is -2.28. The van der Waals surface area contributed by atoms with E-state index in [1.54, 1.807) is 6.07 Å². The van der Waals surface area contributed by atoms with Gasteiger partial charge in [-0.1, -0.05) is 30.1 Å². The van der Waals surface area contributed by atoms with Crippen LogP contribution in [0.5, 0.6) is 5.75 Å². The molecular formula is C14H17Cl2NO. The van der Waals surface area contributed by atoms with Crippen molar-refractivity contribution in [3.63, 3.8) is 0 Å². The summed E-state index contributed by atoms with van der Waals surface area (Å²) in [5.41, 5.74) is 1.60. The molecule has 1 saturated carbocycles. The van der Waals surface area contributed by atoms with Gasteiger partial charge in [-0.3, -0.25) is 0 Å². The molecule has 3 rings (SSSR count). The van der Waals surface area contributed by atoms with Gasteiger partial charge >= 0.3 is 0 Å². The third kappa shape index (κ3) is 2.47. The second kappa shape index (κ2) is 4.59. The van der Waals surface area contributed by atoms with E-state index >= 15 is 0 Å². The molecule has 2 aliphatic rings. The van der Waals surface area contributed by atoms with Crippen LogP contribution in [0.15, 0.2) is 12.1 Å². The van der Waals surface area contributed by atoms with Crippen LogP contribution in [0, 0.1) is 5.41 Å². The Balaban J connectivity index is 1.82. The van der Waals surface area contributed by atoms with Crippen LogP contribution < -0.4 is 10.1 Å². The zero-order valence-corrected chi connectivity index (χ0v) is 11.9. The smallest absolute Gasteiger partial charge is 0.142 e. The van der Waals surface area contributed by atoms with Crippen molar-refractivity contribution in [2.75, 3.05) is 13.2 Å². The fourth-order valence-electron chi connectivity index (χ4n) is 2.40. The normalized spacial score (nSPS) is 24.3. The molecule has 0 radical (unpaired) electrons. The van der Waals surface area contributed by atoms with Crippen LogP contribution >= 0.6 is 23.2 Å². The maximum Gasteiger partial charge on any atom is 0.142 e. The Hall–Kier alpha value is -0.440. The van der Waals surface area contributed by atoms with Gasteiger partial charge in [-0.25, -0.2) is 0 Å². The summed E-state index contributed by atoms with van der Waals surface area (Å²) in [4.78, 5) is 0. The van der Waals surface area contributed by atoms with Gasteiger partial charge < -0.3 is 10.1 Å². The van der Waals surface area contributed by atoms with E-state index in [4.69, 9.17) is 27.9 Å². The molecule has 0 spiro atoms. The van der Waals surface area contributed by atoms with Crippen LogP contribution in [0.2, 0.25) is 10.0 Å². The summed E-state index contributed by atoms with van der Waals surface area (Å²) in [6.07, 6.45) is 3.62. The Morgan fingerprint density at radius 2 is 2.17 bits per heavy atom. The molecule has 0 aromatic heterocycles. The van der Waals surface area contributed by atoms with E-state index in [1.807, 2.05) is 6.07 Å². The van der Waals surface area contributed by atoms with Crippen molar-refractivity contribution in [2.45, 2.75) is 32.2 Å². The van der Waals surface area contributed by atoms with Gasteiger partial charge in [-0.05, 0) is 30.4 Å². The zero-order chi connectivity index (χ0) is 12.8. The topological polar surface area (TPSA) is 21.3 Å². The molecule has 0 amide bonds. The number of ether oxygens (including phenoxy) is 1. The molecule has 4 heteroatoms. The minimum Gasteiger partial charge on any atom is -0.492 e. The van der Waals surface area contributed by atoms with Crippen LogP contribution in [-0.2, 0) is 0 Å². The minimum absolute atomic E-state index is 0.308. The molecule has 98 valence electrons. The molecule has 1 aliphatic carbocycles. The number of halogens is 2. The number of rotatable bonds is 3. The first-order valence-electron chi connectivity index (χ1n) is 6.43. The molecule has 1 heterocycles. The summed E-state index contributed by atoms with van der Waals surface area (Å²) >= 11 is 12.3. The van der Waals surface area contributed by atoms with Crippen LogP contribution in [0.4, 0.5) is 0 Å². The van der Waals surface area contributed by atoms with E-state index < -0.39 is 0 Å². The Morgan fingerprint density at radius 3 is 2.89 bits per heavy atom. The summed E-state index contributed by atoms with van der Waals surface area (Å²) in [6.45, 7) is 4.09. The minimum atomic E-state index is 0.308. The molecule has 1 atom stereocenters. The van der Waals surface area contributed by atoms with Gasteiger partial charge in [0.25, 0.3) is 0 Å². The van der Waals surface area contributed by atoms with E-state index in [9.17, 15) is 0 Å². The predicted molar refractivity (Wildman–Crippen MR) is 74.7 cm³/mol. The van der Waals surface area contributed by atoms with Gasteiger partial charge in [0.05, 0.1) is 11.6 Å². The maximum atomic E-state index is 6.18. The van der Waals surface area contributed by atoms with Crippen LogP contribution in [0.1, 0.15) is 37.8 Å². The lowest BCUT2D eigenvalue weighted by Crippen LogP contribution is -2.31. The van der Waals surface area contributed by atoms with Crippen molar-refractivity contribution in [1.82, 2.24) is 5.32 Å². The molecule has 1 aliphatic heterocycles. The van der Waals surface area contributed by atoms with E-state index in [1.165, 1.54) is 12.8 Å². The van der Waals surface area contributed by atoms with Crippen LogP contribution in [0.25, 0.3) is 0 Å². The number of hydrogen-bond acceptors (Lipinski definition) is 2. The van der Waals surface area contributed by atoms with Crippen molar-refractivity contribution in [1.29, 1.82) is 0 Å². The molecule has 1 fully saturated rings. The summed E-state index contributed by atoms with van der Waals surface area (Å²) in [7, 11) is 0. The third-order valence-corrected chi connectivity index (χ3v) is 4.44. The van der Waals surface area contributed by atoms with Gasteiger partial charge in [-0.2, -0.15) is 0 Å². The average Bonchev–Trinajstić information content (AvgIpc) is 3.05. The van der Waals surface area contributed by atoms with Gasteiger partial charge in [0.15, 0.2) is 0 Å². The standard InChI is InChI=1S/C14H17Cl2NO/c1-14(3-4-14)8-17-12-2-5-18-13-10(12)6-9(15)7-11(13)16/h6-7,12,17H,2-5,8H2,1H3. The second-order valence-corrected chi connectivity index (χ2v) is 6.53. The summed E-state index contributed by atoms with van der Waals surface area (Å²) < 4.78 is 5.66. The first-order chi connectivity index (χ1) is 8.57. The first-order valence-corrected chi connectivity index (χ1v) is 7.18. The summed E-state index contributed by atoms with van der Waals surface area (Å²) in [5.74, 6) is 0.797. The first kappa shape index (κ1) is 12.6. The molecule has 1 aromatic carbocycles. The molecular weight excluding hydrogens is 269 g/mol. The molecule has 1 aromatic rings. The monoisotopic (exact) mass is 285 g/mol. The van der Waals surface area contributed by atoms with Gasteiger partial charge in [0.1, 0.15) is 5.75 Å². The lowest BCUT2D eigenvalue weighted by molar-refractivity contribution is 0.248. The molecule has 1 N–H and O–H groups in total. The highest BCUT2D eigenvalue weighted by atomic mass is 35.5. The number of nitrogens with one attached hydrogen (secondary N) is 1. The van der Waals surface area contributed by atoms with Crippen molar-refractivity contribution in [2.24, 2.45) is 5.41 Å². The largest absolute Gasteiger partial charge is 0.492 e. The van der Waals surface area contributed by atoms with Crippen LogP contribution in [0.3, 0.4) is 0 Å². The lowest BCUT2D eigenvalue weighted by atomic mass is 9.99. The third-order valence-electron chi connectivity index (χ3n) is 3.94. The highest BCUT2D eigenvalue weighted by Gasteiger charge is 2.37. The SMILES string of the molecule is CC1(CNC2CCOc3c(Cl)cc(Cl)cc32)CC1. The fraction of sp³-hybridized carbons (Fsp3) is 0.571. The molecule has 2 nitrogen and oxygen atoms in total. The van der Waals surface area contributed by atoms with E-state index in [2.05, 4.69) is 12.2 Å². The zero-order valence-electron chi connectivity index (χ0n) is 10.4. The Labute approximate surface area is 118 Å². The Morgan fingerprint density at radius 1 is 1.39 bits per heavy atom. The van der Waals surface area contributed by atoms with Gasteiger partial charge in [-0.15, -0.1) is 0 Å². The fourth-order valence-corrected chi connectivity index (χ4v) is 2.96. The van der Waals surface area contributed by atoms with E-state index in [-0.39, 0.29) is 0 Å². The van der Waals surface area contributed by atoms with Gasteiger partial charge in [0.2, 0.25) is 0 Å². The molecule has 1 unspecified atom stereocenters. The summed E-state index contributed by atoms with van der Waals surface area (Å²) in [6, 6.07) is 4.02. The van der Waals surface area contributed by atoms with Crippen LogP contribution in [-0.4, -0.2) is 13.2 Å². The van der Waals surface area contributed by atoms with Crippen molar-refractivity contribution in [3.05, 3.63) is 27.7 Å². The van der Waals surface area contributed by atoms with E-state index in [0.29, 0.717) is 28.1 Å². The average molecular weight is 286 g/mol. The van der Waals surface area contributed by atoms with Crippen molar-refractivity contribution >= 4 is 23.2 Å². The second-order valence-electron chi connectivity index (χ2n) is 5.69. The highest BCUT2D eigenvalue weighted by molar-refractivity contribution is 6.35. The molecule has 18 heavy (non-hydrogen) atoms. The van der Waals surface area contributed by atoms with Crippen molar-refractivity contribution in [3.8, 4) is 5.75 Å². The van der Waals surface area contributed by atoms with E-state index in [0.717, 1.165) is 24.3 Å². The van der Waals surface area contributed by atoms with Gasteiger partial charge in [0, 0.05) is 29.6 Å². The predicted octanol–water partition coefficient (Wildman–Crippen LogP) is 4.21. The molecule has 0 saturated heterocycles. The highest BCUT2D eigenvalue weighted by Crippen LogP contribution is 2.45. The Kier molecular flexibility index (Phi) is 3.21. The number of fused-ring (bicyclic) bond motifs is 1. The quantitative estimate of drug-likeness (QED) is 0.898. The maximum absolute atomic E-state index is 6.18. The molecule has 0 bridgehead atoms.